The molecule has 2 N–H and O–H groups in total. The van der Waals surface area contributed by atoms with Gasteiger partial charge >= 0.3 is 0 Å². The summed E-state index contributed by atoms with van der Waals surface area (Å²) in [5.74, 6) is -0.825. The van der Waals surface area contributed by atoms with E-state index in [2.05, 4.69) is 5.32 Å². The highest BCUT2D eigenvalue weighted by atomic mass is 19.1. The summed E-state index contributed by atoms with van der Waals surface area (Å²) in [5, 5.41) is 12.6. The topological polar surface area (TPSA) is 54.3 Å². The Balaban J connectivity index is 1.71. The molecule has 1 amide bonds. The van der Waals surface area contributed by atoms with Crippen molar-refractivity contribution in [2.24, 2.45) is 0 Å². The molecule has 4 nitrogen and oxygen atoms in total. The molecule has 1 aliphatic carbocycles. The van der Waals surface area contributed by atoms with Crippen LogP contribution in [0.3, 0.4) is 0 Å². The molecule has 0 atom stereocenters. The zero-order valence-corrected chi connectivity index (χ0v) is 11.6. The minimum Gasteiger partial charge on any atom is -0.388 e. The van der Waals surface area contributed by atoms with Gasteiger partial charge in [-0.1, -0.05) is 0 Å². The van der Waals surface area contributed by atoms with Crippen LogP contribution >= 0.6 is 0 Å². The number of halogens is 1. The Morgan fingerprint density at radius 1 is 1.33 bits per heavy atom. The van der Waals surface area contributed by atoms with Crippen LogP contribution in [0.25, 0.3) is 5.69 Å². The van der Waals surface area contributed by atoms with Gasteiger partial charge in [0.25, 0.3) is 5.91 Å². The summed E-state index contributed by atoms with van der Waals surface area (Å²) in [6.45, 7) is 0.215. The van der Waals surface area contributed by atoms with E-state index in [0.717, 1.165) is 6.42 Å². The first-order chi connectivity index (χ1) is 10.1. The van der Waals surface area contributed by atoms with Crippen LogP contribution in [0.5, 0.6) is 0 Å². The summed E-state index contributed by atoms with van der Waals surface area (Å²) in [5.41, 5.74) is -0.125. The number of benzene rings is 1. The number of aromatic nitrogens is 1. The van der Waals surface area contributed by atoms with Crippen LogP contribution in [0.15, 0.2) is 42.7 Å². The van der Waals surface area contributed by atoms with Gasteiger partial charge in [0, 0.05) is 24.5 Å². The van der Waals surface area contributed by atoms with Gasteiger partial charge in [0.1, 0.15) is 5.82 Å². The van der Waals surface area contributed by atoms with Crippen LogP contribution in [-0.4, -0.2) is 27.7 Å². The van der Waals surface area contributed by atoms with Crippen LogP contribution in [0, 0.1) is 5.82 Å². The Labute approximate surface area is 122 Å². The SMILES string of the molecule is O=C(NCC1(O)CCC1)c1ccc(-n2cccc2)c(F)c1. The molecule has 1 fully saturated rings. The molecule has 0 aliphatic heterocycles. The number of hydrogen-bond donors (Lipinski definition) is 2. The first kappa shape index (κ1) is 13.8. The fraction of sp³-hybridized carbons (Fsp3) is 0.312. The van der Waals surface area contributed by atoms with Crippen LogP contribution in [0.4, 0.5) is 4.39 Å². The highest BCUT2D eigenvalue weighted by Gasteiger charge is 2.34. The Bertz CT molecular complexity index is 648. The summed E-state index contributed by atoms with van der Waals surface area (Å²) in [6.07, 6.45) is 5.86. The van der Waals surface area contributed by atoms with Crippen molar-refractivity contribution < 1.29 is 14.3 Å². The lowest BCUT2D eigenvalue weighted by Crippen LogP contribution is -2.47. The molecular formula is C16H17FN2O2. The molecule has 3 rings (SSSR count). The molecule has 2 aromatic rings. The Kier molecular flexibility index (Phi) is 3.51. The van der Waals surface area contributed by atoms with Crippen molar-refractivity contribution in [1.82, 2.24) is 9.88 Å². The lowest BCUT2D eigenvalue weighted by Gasteiger charge is -2.36. The number of amides is 1. The molecule has 21 heavy (non-hydrogen) atoms. The van der Waals surface area contributed by atoms with E-state index in [4.69, 9.17) is 0 Å². The van der Waals surface area contributed by atoms with E-state index in [9.17, 15) is 14.3 Å². The number of carbonyl (C=O) groups excluding carboxylic acids is 1. The Hall–Kier alpha value is -2.14. The smallest absolute Gasteiger partial charge is 0.251 e. The van der Waals surface area contributed by atoms with Crippen molar-refractivity contribution in [3.8, 4) is 5.69 Å². The summed E-state index contributed by atoms with van der Waals surface area (Å²) in [4.78, 5) is 12.0. The molecule has 0 radical (unpaired) electrons. The second kappa shape index (κ2) is 5.33. The normalized spacial score (nSPS) is 16.3. The molecule has 110 valence electrons. The highest BCUT2D eigenvalue weighted by Crippen LogP contribution is 2.30. The van der Waals surface area contributed by atoms with E-state index in [0.29, 0.717) is 18.5 Å². The molecule has 5 heteroatoms. The van der Waals surface area contributed by atoms with Crippen molar-refractivity contribution in [3.63, 3.8) is 0 Å². The molecule has 1 aromatic carbocycles. The van der Waals surface area contributed by atoms with Gasteiger partial charge in [-0.25, -0.2) is 4.39 Å². The number of carbonyl (C=O) groups is 1. The molecule has 0 unspecified atom stereocenters. The van der Waals surface area contributed by atoms with Gasteiger partial charge in [0.2, 0.25) is 0 Å². The standard InChI is InChI=1S/C16H17FN2O2/c17-13-10-12(4-5-14(13)19-8-1-2-9-19)15(20)18-11-16(21)6-3-7-16/h1-2,4-5,8-10,21H,3,6-7,11H2,(H,18,20). The predicted molar refractivity (Wildman–Crippen MR) is 76.9 cm³/mol. The number of nitrogens with one attached hydrogen (secondary N) is 1. The van der Waals surface area contributed by atoms with E-state index in [1.54, 1.807) is 41.2 Å². The van der Waals surface area contributed by atoms with Gasteiger partial charge in [-0.15, -0.1) is 0 Å². The fourth-order valence-corrected chi connectivity index (χ4v) is 2.46. The minimum absolute atomic E-state index is 0.215. The van der Waals surface area contributed by atoms with Crippen LogP contribution in [0.1, 0.15) is 29.6 Å². The monoisotopic (exact) mass is 288 g/mol. The minimum atomic E-state index is -0.778. The molecule has 1 aliphatic rings. The zero-order valence-electron chi connectivity index (χ0n) is 11.6. The molecule has 0 saturated heterocycles. The van der Waals surface area contributed by atoms with Crippen LogP contribution in [-0.2, 0) is 0 Å². The fourth-order valence-electron chi connectivity index (χ4n) is 2.46. The summed E-state index contributed by atoms with van der Waals surface area (Å²) in [6, 6.07) is 7.98. The molecule has 1 saturated carbocycles. The largest absolute Gasteiger partial charge is 0.388 e. The van der Waals surface area contributed by atoms with Gasteiger partial charge in [-0.3, -0.25) is 4.79 Å². The van der Waals surface area contributed by atoms with Gasteiger partial charge < -0.3 is 15.0 Å². The number of nitrogens with zero attached hydrogens (tertiary/aromatic N) is 1. The molecule has 1 heterocycles. The lowest BCUT2D eigenvalue weighted by molar-refractivity contribution is -0.0300. The van der Waals surface area contributed by atoms with Gasteiger partial charge in [-0.05, 0) is 49.6 Å². The third kappa shape index (κ3) is 2.83. The van der Waals surface area contributed by atoms with Gasteiger partial charge in [-0.2, -0.15) is 0 Å². The molecule has 0 spiro atoms. The third-order valence-corrected chi connectivity index (χ3v) is 3.95. The maximum atomic E-state index is 14.1. The highest BCUT2D eigenvalue weighted by molar-refractivity contribution is 5.94. The Morgan fingerprint density at radius 2 is 2.05 bits per heavy atom. The summed E-state index contributed by atoms with van der Waals surface area (Å²) in [7, 11) is 0. The lowest BCUT2D eigenvalue weighted by atomic mass is 9.80. The second-order valence-electron chi connectivity index (χ2n) is 5.52. The third-order valence-electron chi connectivity index (χ3n) is 3.95. The predicted octanol–water partition coefficient (Wildman–Crippen LogP) is 2.26. The van der Waals surface area contributed by atoms with Crippen LogP contribution < -0.4 is 5.32 Å². The van der Waals surface area contributed by atoms with E-state index in [1.807, 2.05) is 0 Å². The van der Waals surface area contributed by atoms with Crippen LogP contribution in [0.2, 0.25) is 0 Å². The summed E-state index contributed by atoms with van der Waals surface area (Å²) >= 11 is 0. The first-order valence-corrected chi connectivity index (χ1v) is 7.01. The van der Waals surface area contributed by atoms with Gasteiger partial charge in [0.05, 0.1) is 11.3 Å². The van der Waals surface area contributed by atoms with Crippen molar-refractivity contribution in [3.05, 3.63) is 54.1 Å². The van der Waals surface area contributed by atoms with E-state index < -0.39 is 11.4 Å². The number of aliphatic hydroxyl groups is 1. The van der Waals surface area contributed by atoms with Gasteiger partial charge in [0.15, 0.2) is 0 Å². The average Bonchev–Trinajstić information content (AvgIpc) is 2.96. The van der Waals surface area contributed by atoms with Crippen molar-refractivity contribution >= 4 is 5.91 Å². The number of hydrogen-bond acceptors (Lipinski definition) is 2. The van der Waals surface area contributed by atoms with E-state index in [1.165, 1.54) is 6.07 Å². The van der Waals surface area contributed by atoms with Crippen molar-refractivity contribution in [1.29, 1.82) is 0 Å². The van der Waals surface area contributed by atoms with E-state index >= 15 is 0 Å². The number of rotatable bonds is 4. The summed E-state index contributed by atoms with van der Waals surface area (Å²) < 4.78 is 15.7. The first-order valence-electron chi connectivity index (χ1n) is 7.01. The molecule has 1 aromatic heterocycles. The maximum absolute atomic E-state index is 14.1. The molecule has 0 bridgehead atoms. The quantitative estimate of drug-likeness (QED) is 0.906. The maximum Gasteiger partial charge on any atom is 0.251 e. The second-order valence-corrected chi connectivity index (χ2v) is 5.52. The average molecular weight is 288 g/mol. The Morgan fingerprint density at radius 3 is 2.62 bits per heavy atom. The van der Waals surface area contributed by atoms with Crippen molar-refractivity contribution in [2.45, 2.75) is 24.9 Å². The van der Waals surface area contributed by atoms with Crippen molar-refractivity contribution in [2.75, 3.05) is 6.54 Å². The van der Waals surface area contributed by atoms with E-state index in [-0.39, 0.29) is 18.0 Å². The molecular weight excluding hydrogens is 271 g/mol. The zero-order chi connectivity index (χ0) is 14.9.